The fourth-order valence-electron chi connectivity index (χ4n) is 3.01. The average molecular weight is 339 g/mol. The van der Waals surface area contributed by atoms with Crippen molar-refractivity contribution >= 4 is 29.2 Å². The number of hydrogen-bond donors (Lipinski definition) is 1. The molecule has 0 saturated heterocycles. The van der Waals surface area contributed by atoms with Crippen LogP contribution < -0.4 is 29.6 Å². The second-order valence-corrected chi connectivity index (χ2v) is 8.40. The zero-order chi connectivity index (χ0) is 15.7. The molecule has 1 unspecified atom stereocenters. The molecule has 3 rings (SSSR count). The number of hydrogen-bond acceptors (Lipinski definition) is 2. The second kappa shape index (κ2) is 7.52. The molecule has 4 nitrogen and oxygen atoms in total. The van der Waals surface area contributed by atoms with E-state index in [0.29, 0.717) is 6.54 Å². The fraction of sp³-hybridized carbons (Fsp3) is 0.294. The minimum Gasteiger partial charge on any atom is -0.343 e. The summed E-state index contributed by atoms with van der Waals surface area (Å²) in [7, 11) is 0.505. The summed E-state index contributed by atoms with van der Waals surface area (Å²) in [6.07, 6.45) is 0.512. The van der Waals surface area contributed by atoms with Crippen LogP contribution in [0.5, 0.6) is 0 Å². The zero-order valence-electron chi connectivity index (χ0n) is 13.9. The Morgan fingerprint density at radius 3 is 1.96 bits per heavy atom. The van der Waals surface area contributed by atoms with Crippen LogP contribution in [-0.4, -0.2) is 40.9 Å². The molecule has 2 aromatic carbocycles. The number of para-hydroxylation sites is 2. The van der Waals surface area contributed by atoms with Crippen molar-refractivity contribution in [3.05, 3.63) is 48.5 Å². The maximum Gasteiger partial charge on any atom is 1.00 e. The van der Waals surface area contributed by atoms with Crippen molar-refractivity contribution < 1.29 is 39.0 Å². The molecule has 0 bridgehead atoms. The molecule has 0 spiro atoms. The van der Waals surface area contributed by atoms with Crippen LogP contribution in [0.25, 0.3) is 21.8 Å². The Kier molecular flexibility index (Phi) is 6.12. The van der Waals surface area contributed by atoms with Gasteiger partial charge in [0.1, 0.15) is 0 Å². The van der Waals surface area contributed by atoms with Crippen molar-refractivity contribution in [3.8, 4) is 0 Å². The molecule has 0 aliphatic rings. The molecule has 23 heavy (non-hydrogen) atoms. The monoisotopic (exact) mass is 339 g/mol. The van der Waals surface area contributed by atoms with Crippen LogP contribution in [0, 0.1) is 0 Å². The van der Waals surface area contributed by atoms with E-state index in [0.717, 1.165) is 11.0 Å². The van der Waals surface area contributed by atoms with Gasteiger partial charge >= 0.3 is 29.6 Å². The summed E-state index contributed by atoms with van der Waals surface area (Å²) in [5.74, 6) is 0. The van der Waals surface area contributed by atoms with Crippen LogP contribution in [0.3, 0.4) is 0 Å². The predicted molar refractivity (Wildman–Crippen MR) is 92.7 cm³/mol. The van der Waals surface area contributed by atoms with Gasteiger partial charge in [-0.3, -0.25) is 4.57 Å². The first kappa shape index (κ1) is 18.7. The largest absolute Gasteiger partial charge is 1.00 e. The maximum absolute atomic E-state index is 12.3. The van der Waals surface area contributed by atoms with Crippen molar-refractivity contribution in [3.63, 3.8) is 0 Å². The van der Waals surface area contributed by atoms with Crippen molar-refractivity contribution in [2.75, 3.05) is 26.5 Å². The first-order valence-corrected chi connectivity index (χ1v) is 9.42. The van der Waals surface area contributed by atoms with Crippen molar-refractivity contribution in [1.82, 2.24) is 9.47 Å². The quantitative estimate of drug-likeness (QED) is 0.547. The van der Waals surface area contributed by atoms with E-state index in [1.165, 1.54) is 10.8 Å². The molecule has 0 aliphatic heterocycles. The second-order valence-electron chi connectivity index (χ2n) is 5.98. The summed E-state index contributed by atoms with van der Waals surface area (Å²) in [5.41, 5.74) is 2.24. The molecule has 1 aromatic heterocycles. The molecule has 116 valence electrons. The van der Waals surface area contributed by atoms with Gasteiger partial charge in [0.15, 0.2) is 0 Å². The third kappa shape index (κ3) is 4.08. The fourth-order valence-corrected chi connectivity index (χ4v) is 4.55. The molecule has 1 heterocycles. The van der Waals surface area contributed by atoms with Gasteiger partial charge < -0.3 is 14.4 Å². The van der Waals surface area contributed by atoms with Crippen LogP contribution in [0.2, 0.25) is 0 Å². The number of fused-ring (bicyclic) bond motifs is 3. The van der Waals surface area contributed by atoms with Crippen molar-refractivity contribution in [2.45, 2.75) is 6.54 Å². The van der Waals surface area contributed by atoms with Gasteiger partial charge in [-0.2, -0.15) is 0 Å². The molecule has 0 saturated carbocycles. The molecule has 3 aromatic rings. The van der Waals surface area contributed by atoms with Crippen LogP contribution >= 0.6 is 7.37 Å². The van der Waals surface area contributed by atoms with Crippen molar-refractivity contribution in [2.24, 2.45) is 0 Å². The number of aromatic nitrogens is 1. The summed E-state index contributed by atoms with van der Waals surface area (Å²) in [4.78, 5) is 11.9. The van der Waals surface area contributed by atoms with Crippen LogP contribution in [0.1, 0.15) is 0 Å². The summed E-state index contributed by atoms with van der Waals surface area (Å²) in [5, 5.41) is 2.39. The van der Waals surface area contributed by atoms with Gasteiger partial charge in [0.25, 0.3) is 0 Å². The Morgan fingerprint density at radius 2 is 1.48 bits per heavy atom. The number of nitrogens with zero attached hydrogens (tertiary/aromatic N) is 2. The van der Waals surface area contributed by atoms with Gasteiger partial charge in [-0.1, -0.05) is 36.4 Å². The predicted octanol–water partition coefficient (Wildman–Crippen LogP) is 0.588. The molecule has 6 heteroatoms. The molecule has 0 radical (unpaired) electrons. The zero-order valence-corrected chi connectivity index (χ0v) is 16.8. The normalized spacial score (nSPS) is 14.1. The third-order valence-corrected chi connectivity index (χ3v) is 5.76. The van der Waals surface area contributed by atoms with Gasteiger partial charge in [-0.05, 0) is 26.2 Å². The number of rotatable bonds is 5. The summed E-state index contributed by atoms with van der Waals surface area (Å²) in [6, 6.07) is 16.4. The Labute approximate surface area is 158 Å². The van der Waals surface area contributed by atoms with E-state index in [-0.39, 0.29) is 42.0 Å². The van der Waals surface area contributed by atoms with Crippen LogP contribution in [-0.2, 0) is 11.1 Å². The minimum atomic E-state index is -3.14. The first-order valence-electron chi connectivity index (χ1n) is 7.39. The maximum atomic E-state index is 12.3. The van der Waals surface area contributed by atoms with E-state index in [1.807, 2.05) is 38.4 Å². The topological polar surface area (TPSA) is 45.5 Å². The minimum absolute atomic E-state index is 0. The van der Waals surface area contributed by atoms with Gasteiger partial charge in [-0.15, -0.1) is 0 Å². The molecular formula is C17H21N2NaO2P+. The van der Waals surface area contributed by atoms with Crippen molar-refractivity contribution in [1.29, 1.82) is 0 Å². The van der Waals surface area contributed by atoms with E-state index in [9.17, 15) is 9.46 Å². The molecule has 0 amide bonds. The van der Waals surface area contributed by atoms with E-state index >= 15 is 0 Å². The van der Waals surface area contributed by atoms with E-state index in [2.05, 4.69) is 28.8 Å². The van der Waals surface area contributed by atoms with Gasteiger partial charge in [-0.25, -0.2) is 0 Å². The SMILES string of the molecule is CN(C)CP(=O)(O)CCn1c2ccccc2c2ccccc21.[Na+]. The number of aryl methyl sites for hydroxylation is 1. The van der Waals surface area contributed by atoms with E-state index in [1.54, 1.807) is 4.90 Å². The summed E-state index contributed by atoms with van der Waals surface area (Å²) in [6.45, 7) is 0.551. The van der Waals surface area contributed by atoms with Gasteiger partial charge in [0.2, 0.25) is 7.37 Å². The molecule has 0 fully saturated rings. The van der Waals surface area contributed by atoms with Crippen LogP contribution in [0.4, 0.5) is 0 Å². The molecule has 1 N–H and O–H groups in total. The Bertz CT molecular complexity index is 807. The Hall–Kier alpha value is -0.610. The molecular weight excluding hydrogens is 318 g/mol. The summed E-state index contributed by atoms with van der Waals surface area (Å²) >= 11 is 0. The molecule has 1 atom stereocenters. The Balaban J connectivity index is 0.00000192. The van der Waals surface area contributed by atoms with Gasteiger partial charge in [0, 0.05) is 34.5 Å². The first-order chi connectivity index (χ1) is 10.5. The smallest absolute Gasteiger partial charge is 0.343 e. The van der Waals surface area contributed by atoms with E-state index < -0.39 is 7.37 Å². The average Bonchev–Trinajstić information content (AvgIpc) is 2.78. The number of benzene rings is 2. The molecule has 0 aliphatic carbocycles. The standard InChI is InChI=1S/C17H21N2O2P.Na/c1-18(2)13-22(20,21)12-11-19-16-9-5-3-7-14(16)15-8-4-6-10-17(15)19;/h3-10H,11-13H2,1-2H3,(H,20,21);/q;+1. The van der Waals surface area contributed by atoms with E-state index in [4.69, 9.17) is 0 Å². The van der Waals surface area contributed by atoms with Crippen LogP contribution in [0.15, 0.2) is 48.5 Å². The summed E-state index contributed by atoms with van der Waals surface area (Å²) < 4.78 is 14.4. The third-order valence-electron chi connectivity index (χ3n) is 3.86. The van der Waals surface area contributed by atoms with Gasteiger partial charge in [0.05, 0.1) is 6.29 Å². The Morgan fingerprint density at radius 1 is 1.00 bits per heavy atom.